The van der Waals surface area contributed by atoms with Crippen molar-refractivity contribution in [2.24, 2.45) is 5.92 Å². The average Bonchev–Trinajstić information content (AvgIpc) is 2.95. The second-order valence-electron chi connectivity index (χ2n) is 7.88. The lowest BCUT2D eigenvalue weighted by molar-refractivity contribution is -0.116. The van der Waals surface area contributed by atoms with Crippen LogP contribution in [0, 0.1) is 26.7 Å². The van der Waals surface area contributed by atoms with Crippen molar-refractivity contribution in [3.63, 3.8) is 0 Å². The largest absolute Gasteiger partial charge is 0.330 e. The number of rotatable bonds is 6. The second-order valence-corrected chi connectivity index (χ2v) is 8.65. The van der Waals surface area contributed by atoms with Crippen molar-refractivity contribution in [3.8, 4) is 0 Å². The molecule has 29 heavy (non-hydrogen) atoms. The number of nitrogens with zero attached hydrogens (tertiary/aromatic N) is 3. The van der Waals surface area contributed by atoms with Crippen molar-refractivity contribution in [2.75, 3.05) is 11.6 Å². The van der Waals surface area contributed by atoms with Gasteiger partial charge in [-0.15, -0.1) is 0 Å². The molecule has 2 aromatic heterocycles. The summed E-state index contributed by atoms with van der Waals surface area (Å²) in [5.41, 5.74) is 4.81. The third-order valence-electron chi connectivity index (χ3n) is 4.87. The Morgan fingerprint density at radius 1 is 1.17 bits per heavy atom. The van der Waals surface area contributed by atoms with Crippen molar-refractivity contribution in [1.29, 1.82) is 0 Å². The van der Waals surface area contributed by atoms with Crippen LogP contribution in [0.15, 0.2) is 34.2 Å². The summed E-state index contributed by atoms with van der Waals surface area (Å²) in [7, 11) is 0. The van der Waals surface area contributed by atoms with Crippen molar-refractivity contribution in [2.45, 2.75) is 52.9 Å². The number of thioether (sulfide) groups is 1. The summed E-state index contributed by atoms with van der Waals surface area (Å²) in [6, 6.07) is 7.79. The second kappa shape index (κ2) is 8.45. The average molecular weight is 413 g/mol. The molecule has 0 unspecified atom stereocenters. The number of anilines is 1. The molecular formula is C22H28N4O2S. The van der Waals surface area contributed by atoms with Gasteiger partial charge in [-0.1, -0.05) is 43.3 Å². The Bertz CT molecular complexity index is 1130. The smallest absolute Gasteiger partial charge is 0.278 e. The van der Waals surface area contributed by atoms with Gasteiger partial charge < -0.3 is 9.88 Å². The maximum Gasteiger partial charge on any atom is 0.278 e. The summed E-state index contributed by atoms with van der Waals surface area (Å²) >= 11 is 1.46. The zero-order valence-electron chi connectivity index (χ0n) is 17.9. The van der Waals surface area contributed by atoms with Crippen molar-refractivity contribution in [3.05, 3.63) is 51.4 Å². The van der Waals surface area contributed by atoms with Gasteiger partial charge in [0.05, 0.1) is 5.52 Å². The molecule has 0 atom stereocenters. The molecule has 154 valence electrons. The van der Waals surface area contributed by atoms with Crippen LogP contribution in [0.1, 0.15) is 30.7 Å². The Morgan fingerprint density at radius 2 is 1.90 bits per heavy atom. The SMILES string of the molecule is CSc1nc2cc(C)n(CC(=O)Nc3ccc(C)cc3C)c2c(=O)n1CC(C)C. The van der Waals surface area contributed by atoms with E-state index in [9.17, 15) is 9.59 Å². The molecule has 0 saturated heterocycles. The minimum absolute atomic E-state index is 0.0693. The topological polar surface area (TPSA) is 68.9 Å². The molecule has 0 saturated carbocycles. The fourth-order valence-electron chi connectivity index (χ4n) is 3.52. The van der Waals surface area contributed by atoms with Gasteiger partial charge >= 0.3 is 0 Å². The number of benzene rings is 1. The summed E-state index contributed by atoms with van der Waals surface area (Å²) in [5, 5.41) is 3.67. The number of hydrogen-bond acceptors (Lipinski definition) is 4. The summed E-state index contributed by atoms with van der Waals surface area (Å²) in [4.78, 5) is 30.7. The number of amides is 1. The lowest BCUT2D eigenvalue weighted by atomic mass is 10.1. The molecule has 0 bridgehead atoms. The van der Waals surface area contributed by atoms with Gasteiger partial charge in [0.2, 0.25) is 5.91 Å². The van der Waals surface area contributed by atoms with Crippen LogP contribution in [-0.4, -0.2) is 26.3 Å². The van der Waals surface area contributed by atoms with E-state index in [1.165, 1.54) is 11.8 Å². The Balaban J connectivity index is 1.99. The molecule has 1 N–H and O–H groups in total. The van der Waals surface area contributed by atoms with Crippen LogP contribution in [-0.2, 0) is 17.9 Å². The van der Waals surface area contributed by atoms with Crippen molar-refractivity contribution < 1.29 is 4.79 Å². The number of fused-ring (bicyclic) bond motifs is 1. The van der Waals surface area contributed by atoms with Gasteiger partial charge in [-0.25, -0.2) is 4.98 Å². The third kappa shape index (κ3) is 4.40. The molecule has 0 radical (unpaired) electrons. The minimum Gasteiger partial charge on any atom is -0.330 e. The number of aromatic nitrogens is 3. The van der Waals surface area contributed by atoms with Crippen LogP contribution in [0.2, 0.25) is 0 Å². The Hall–Kier alpha value is -2.54. The van der Waals surface area contributed by atoms with Crippen LogP contribution in [0.25, 0.3) is 11.0 Å². The fraction of sp³-hybridized carbons (Fsp3) is 0.409. The lowest BCUT2D eigenvalue weighted by Gasteiger charge is -2.14. The highest BCUT2D eigenvalue weighted by Gasteiger charge is 2.18. The third-order valence-corrected chi connectivity index (χ3v) is 5.54. The molecule has 7 heteroatoms. The highest BCUT2D eigenvalue weighted by atomic mass is 32.2. The van der Waals surface area contributed by atoms with Crippen molar-refractivity contribution >= 4 is 34.4 Å². The van der Waals surface area contributed by atoms with E-state index in [0.29, 0.717) is 28.7 Å². The Kier molecular flexibility index (Phi) is 6.17. The molecule has 0 aliphatic carbocycles. The first-order valence-corrected chi connectivity index (χ1v) is 11.0. The standard InChI is InChI=1S/C22H28N4O2S/c1-13(2)11-26-21(28)20-18(24-22(26)29-6)10-16(5)25(20)12-19(27)23-17-8-7-14(3)9-15(17)4/h7-10,13H,11-12H2,1-6H3,(H,23,27). The van der Waals surface area contributed by atoms with Gasteiger partial charge in [0, 0.05) is 17.9 Å². The molecule has 6 nitrogen and oxygen atoms in total. The number of carbonyl (C=O) groups is 1. The molecule has 0 spiro atoms. The highest BCUT2D eigenvalue weighted by Crippen LogP contribution is 2.21. The normalized spacial score (nSPS) is 11.4. The molecular weight excluding hydrogens is 384 g/mol. The van der Waals surface area contributed by atoms with E-state index >= 15 is 0 Å². The van der Waals surface area contributed by atoms with Gasteiger partial charge in [0.1, 0.15) is 12.1 Å². The predicted molar refractivity (Wildman–Crippen MR) is 120 cm³/mol. The summed E-state index contributed by atoms with van der Waals surface area (Å²) in [6.45, 7) is 10.7. The zero-order valence-corrected chi connectivity index (χ0v) is 18.7. The van der Waals surface area contributed by atoms with Gasteiger partial charge in [-0.05, 0) is 50.6 Å². The maximum absolute atomic E-state index is 13.3. The number of nitrogens with one attached hydrogen (secondary N) is 1. The van der Waals surface area contributed by atoms with Crippen molar-refractivity contribution in [1.82, 2.24) is 14.1 Å². The Labute approximate surface area is 175 Å². The molecule has 2 heterocycles. The monoisotopic (exact) mass is 412 g/mol. The summed E-state index contributed by atoms with van der Waals surface area (Å²) in [6.07, 6.45) is 1.92. The van der Waals surface area contributed by atoms with Gasteiger partial charge in [0.25, 0.3) is 5.56 Å². The first-order valence-electron chi connectivity index (χ1n) is 9.73. The predicted octanol–water partition coefficient (Wildman–Crippen LogP) is 4.14. The van der Waals surface area contributed by atoms with E-state index in [1.807, 2.05) is 51.3 Å². The van der Waals surface area contributed by atoms with Crippen LogP contribution >= 0.6 is 11.8 Å². The quantitative estimate of drug-likeness (QED) is 0.488. The van der Waals surface area contributed by atoms with Crippen LogP contribution in [0.5, 0.6) is 0 Å². The van der Waals surface area contributed by atoms with Crippen LogP contribution < -0.4 is 10.9 Å². The number of carbonyl (C=O) groups excluding carboxylic acids is 1. The lowest BCUT2D eigenvalue weighted by Crippen LogP contribution is -2.28. The van der Waals surface area contributed by atoms with E-state index < -0.39 is 0 Å². The first kappa shape index (κ1) is 21.2. The van der Waals surface area contributed by atoms with E-state index in [0.717, 1.165) is 22.5 Å². The zero-order chi connectivity index (χ0) is 21.3. The first-order chi connectivity index (χ1) is 13.7. The van der Waals surface area contributed by atoms with Crippen LogP contribution in [0.3, 0.4) is 0 Å². The fourth-order valence-corrected chi connectivity index (χ4v) is 4.09. The molecule has 0 fully saturated rings. The summed E-state index contributed by atoms with van der Waals surface area (Å²) < 4.78 is 3.49. The molecule has 1 amide bonds. The number of hydrogen-bond donors (Lipinski definition) is 1. The molecule has 1 aromatic carbocycles. The van der Waals surface area contributed by atoms with Gasteiger partial charge in [-0.3, -0.25) is 14.2 Å². The summed E-state index contributed by atoms with van der Waals surface area (Å²) in [5.74, 6) is 0.150. The molecule has 0 aliphatic heterocycles. The Morgan fingerprint density at radius 3 is 2.52 bits per heavy atom. The molecule has 3 rings (SSSR count). The van der Waals surface area contributed by atoms with E-state index in [4.69, 9.17) is 0 Å². The highest BCUT2D eigenvalue weighted by molar-refractivity contribution is 7.98. The number of aryl methyl sites for hydroxylation is 3. The van der Waals surface area contributed by atoms with E-state index in [-0.39, 0.29) is 18.0 Å². The van der Waals surface area contributed by atoms with Crippen LogP contribution in [0.4, 0.5) is 5.69 Å². The molecule has 3 aromatic rings. The van der Waals surface area contributed by atoms with Gasteiger partial charge in [-0.2, -0.15) is 0 Å². The molecule has 0 aliphatic rings. The van der Waals surface area contributed by atoms with E-state index in [2.05, 4.69) is 24.1 Å². The maximum atomic E-state index is 13.3. The minimum atomic E-state index is -0.165. The van der Waals surface area contributed by atoms with E-state index in [1.54, 1.807) is 9.13 Å². The van der Waals surface area contributed by atoms with Gasteiger partial charge in [0.15, 0.2) is 5.16 Å².